The summed E-state index contributed by atoms with van der Waals surface area (Å²) in [5.41, 5.74) is 1.18. The van der Waals surface area contributed by atoms with Crippen molar-refractivity contribution in [1.82, 2.24) is 0 Å². The van der Waals surface area contributed by atoms with Gasteiger partial charge < -0.3 is 4.74 Å². The van der Waals surface area contributed by atoms with E-state index in [4.69, 9.17) is 6.11 Å². The Bertz CT molecular complexity index is 278. The number of esters is 1. The molecule has 1 unspecified atom stereocenters. The van der Waals surface area contributed by atoms with Gasteiger partial charge in [-0.25, -0.2) is 4.79 Å². The molecule has 3 heteroatoms. The van der Waals surface area contributed by atoms with E-state index in [1.807, 2.05) is 6.92 Å². The molecule has 0 aromatic heterocycles. The summed E-state index contributed by atoms with van der Waals surface area (Å²) in [4.78, 5) is 11.5. The van der Waals surface area contributed by atoms with Crippen molar-refractivity contribution in [1.29, 1.82) is 0 Å². The van der Waals surface area contributed by atoms with Crippen LogP contribution in [0.1, 0.15) is 21.1 Å². The van der Waals surface area contributed by atoms with Gasteiger partial charge in [0.05, 0.1) is 9.44 Å². The smallest absolute Gasteiger partial charge is 0.333 e. The molecule has 0 saturated carbocycles. The van der Waals surface area contributed by atoms with Crippen molar-refractivity contribution in [3.8, 4) is 0 Å². The average Bonchev–Trinajstić information content (AvgIpc) is 2.43. The van der Waals surface area contributed by atoms with Gasteiger partial charge in [-0.3, -0.25) is 0 Å². The molecule has 0 radical (unpaired) electrons. The molecule has 1 atom stereocenters. The maximum atomic E-state index is 11.5. The highest BCUT2D eigenvalue weighted by Gasteiger charge is 2.28. The highest BCUT2D eigenvalue weighted by molar-refractivity contribution is 6.81. The minimum Gasteiger partial charge on any atom is -0.459 e. The van der Waals surface area contributed by atoms with Gasteiger partial charge in [-0.2, -0.15) is 0 Å². The van der Waals surface area contributed by atoms with Gasteiger partial charge >= 0.3 is 5.97 Å². The maximum absolute atomic E-state index is 11.5. The summed E-state index contributed by atoms with van der Waals surface area (Å²) < 4.78 is 13.1. The standard InChI is InChI=1S/C10H18O2Si/c1-5-9-6-8(10(11)12-9)7-13(2,3)4/h7,9H,5-6H2,1-4H3/i7D. The minimum atomic E-state index is -1.66. The SMILES string of the molecule is [2H]C(=C1CC(CC)OC1=O)[Si](C)(C)C. The van der Waals surface area contributed by atoms with Crippen molar-refractivity contribution in [3.05, 3.63) is 11.2 Å². The first kappa shape index (κ1) is 9.00. The predicted molar refractivity (Wildman–Crippen MR) is 56.2 cm³/mol. The topological polar surface area (TPSA) is 26.3 Å². The average molecular weight is 199 g/mol. The number of ether oxygens (including phenoxy) is 1. The largest absolute Gasteiger partial charge is 0.459 e. The molecule has 13 heavy (non-hydrogen) atoms. The lowest BCUT2D eigenvalue weighted by Crippen LogP contribution is -2.17. The first-order valence-corrected chi connectivity index (χ1v) is 8.27. The molecule has 1 fully saturated rings. The molecular formula is C10H18O2Si. The van der Waals surface area contributed by atoms with E-state index >= 15 is 0 Å². The normalized spacial score (nSPS) is 28.5. The van der Waals surface area contributed by atoms with Crippen molar-refractivity contribution in [3.63, 3.8) is 0 Å². The van der Waals surface area contributed by atoms with Crippen molar-refractivity contribution in [2.75, 3.05) is 0 Å². The van der Waals surface area contributed by atoms with E-state index in [0.717, 1.165) is 6.42 Å². The van der Waals surface area contributed by atoms with Crippen LogP contribution in [0.2, 0.25) is 19.6 Å². The molecule has 0 aliphatic carbocycles. The van der Waals surface area contributed by atoms with E-state index in [1.54, 1.807) is 0 Å². The highest BCUT2D eigenvalue weighted by Crippen LogP contribution is 2.24. The second-order valence-electron chi connectivity index (χ2n) is 4.49. The molecule has 1 aliphatic rings. The third-order valence-corrected chi connectivity index (χ3v) is 2.98. The van der Waals surface area contributed by atoms with Gasteiger partial charge in [-0.1, -0.05) is 32.2 Å². The Hall–Kier alpha value is -0.573. The zero-order valence-corrected chi connectivity index (χ0v) is 9.81. The van der Waals surface area contributed by atoms with E-state index in [1.165, 1.54) is 0 Å². The summed E-state index contributed by atoms with van der Waals surface area (Å²) in [6.07, 6.45) is 1.49. The molecule has 0 spiro atoms. The van der Waals surface area contributed by atoms with E-state index in [-0.39, 0.29) is 12.1 Å². The lowest BCUT2D eigenvalue weighted by Gasteiger charge is -2.09. The summed E-state index contributed by atoms with van der Waals surface area (Å²) in [6, 6.07) is 0. The van der Waals surface area contributed by atoms with E-state index in [9.17, 15) is 4.79 Å². The first-order valence-electron chi connectivity index (χ1n) is 5.27. The van der Waals surface area contributed by atoms with Gasteiger partial charge in [0.25, 0.3) is 0 Å². The Kier molecular flexibility index (Phi) is 2.53. The molecule has 2 nitrogen and oxygen atoms in total. The van der Waals surface area contributed by atoms with Crippen LogP contribution in [0.4, 0.5) is 0 Å². The molecule has 74 valence electrons. The maximum Gasteiger partial charge on any atom is 0.333 e. The summed E-state index contributed by atoms with van der Waals surface area (Å²) in [5.74, 6) is -0.260. The molecule has 0 aromatic carbocycles. The van der Waals surface area contributed by atoms with Crippen LogP contribution >= 0.6 is 0 Å². The highest BCUT2D eigenvalue weighted by atomic mass is 28.3. The fourth-order valence-electron chi connectivity index (χ4n) is 1.36. The molecule has 1 aliphatic heterocycles. The summed E-state index contributed by atoms with van der Waals surface area (Å²) in [7, 11) is -1.66. The van der Waals surface area contributed by atoms with Crippen molar-refractivity contribution in [2.45, 2.75) is 45.5 Å². The Morgan fingerprint density at radius 1 is 1.69 bits per heavy atom. The van der Waals surface area contributed by atoms with Gasteiger partial charge in [0.15, 0.2) is 0 Å². The van der Waals surface area contributed by atoms with Gasteiger partial charge in [0.1, 0.15) is 6.10 Å². The van der Waals surface area contributed by atoms with E-state index in [0.29, 0.717) is 17.7 Å². The first-order chi connectivity index (χ1) is 6.36. The van der Waals surface area contributed by atoms with Crippen LogP contribution in [-0.2, 0) is 9.53 Å². The quantitative estimate of drug-likeness (QED) is 0.388. The summed E-state index contributed by atoms with van der Waals surface area (Å²) in [5, 5.41) is 0. The number of cyclic esters (lactones) is 1. The zero-order valence-electron chi connectivity index (χ0n) is 9.81. The summed E-state index contributed by atoms with van der Waals surface area (Å²) in [6.45, 7) is 8.23. The minimum absolute atomic E-state index is 0.00852. The van der Waals surface area contributed by atoms with Crippen LogP contribution in [0, 0.1) is 0 Å². The van der Waals surface area contributed by atoms with E-state index in [2.05, 4.69) is 19.6 Å². The third kappa shape index (κ3) is 2.99. The molecule has 1 heterocycles. The van der Waals surface area contributed by atoms with Crippen molar-refractivity contribution >= 4 is 14.0 Å². The van der Waals surface area contributed by atoms with Gasteiger partial charge in [0, 0.05) is 12.0 Å². The van der Waals surface area contributed by atoms with Crippen molar-refractivity contribution in [2.24, 2.45) is 0 Å². The van der Waals surface area contributed by atoms with Crippen molar-refractivity contribution < 1.29 is 10.9 Å². The monoisotopic (exact) mass is 199 g/mol. The van der Waals surface area contributed by atoms with Crippen LogP contribution in [0.15, 0.2) is 11.2 Å². The number of hydrogen-bond acceptors (Lipinski definition) is 2. The van der Waals surface area contributed by atoms with Crippen LogP contribution < -0.4 is 0 Å². The molecule has 0 amide bonds. The van der Waals surface area contributed by atoms with Crippen LogP contribution in [-0.4, -0.2) is 20.1 Å². The molecule has 0 aromatic rings. The second kappa shape index (κ2) is 3.66. The number of rotatable bonds is 2. The Morgan fingerprint density at radius 2 is 2.31 bits per heavy atom. The Morgan fingerprint density at radius 3 is 2.69 bits per heavy atom. The number of hydrogen-bond donors (Lipinski definition) is 0. The molecular weight excluding hydrogens is 180 g/mol. The molecule has 1 rings (SSSR count). The van der Waals surface area contributed by atoms with Crippen LogP contribution in [0.3, 0.4) is 0 Å². The Balaban J connectivity index is 2.94. The zero-order chi connectivity index (χ0) is 10.9. The molecule has 0 N–H and O–H groups in total. The Labute approximate surface area is 82.4 Å². The molecule has 1 saturated heterocycles. The van der Waals surface area contributed by atoms with Crippen LogP contribution in [0.5, 0.6) is 0 Å². The van der Waals surface area contributed by atoms with Gasteiger partial charge in [-0.05, 0) is 6.42 Å². The lowest BCUT2D eigenvalue weighted by molar-refractivity contribution is -0.138. The third-order valence-electron chi connectivity index (χ3n) is 1.93. The van der Waals surface area contributed by atoms with E-state index < -0.39 is 8.07 Å². The van der Waals surface area contributed by atoms with Gasteiger partial charge in [0.2, 0.25) is 0 Å². The number of carbonyl (C=O) groups is 1. The second-order valence-corrected chi connectivity index (χ2v) is 9.24. The predicted octanol–water partition coefficient (Wildman–Crippen LogP) is 2.52. The van der Waals surface area contributed by atoms with Gasteiger partial charge in [-0.15, -0.1) is 0 Å². The number of carbonyl (C=O) groups excluding carboxylic acids is 1. The summed E-state index contributed by atoms with van der Waals surface area (Å²) >= 11 is 0. The molecule has 0 bridgehead atoms. The fourth-order valence-corrected chi connectivity index (χ4v) is 2.47. The lowest BCUT2D eigenvalue weighted by atomic mass is 10.1. The fraction of sp³-hybridized carbons (Fsp3) is 0.700. The van der Waals surface area contributed by atoms with Crippen LogP contribution in [0.25, 0.3) is 0 Å².